The summed E-state index contributed by atoms with van der Waals surface area (Å²) in [7, 11) is 0. The van der Waals surface area contributed by atoms with E-state index in [9.17, 15) is 9.59 Å². The van der Waals surface area contributed by atoms with Gasteiger partial charge in [-0.1, -0.05) is 6.08 Å². The number of carbonyl (C=O) groups is 2. The molecule has 66 valence electrons. The van der Waals surface area contributed by atoms with Gasteiger partial charge in [-0.05, 0) is 0 Å². The quantitative estimate of drug-likeness (QED) is 0.223. The Labute approximate surface area is 69.6 Å². The van der Waals surface area contributed by atoms with Crippen LogP contribution in [0.3, 0.4) is 0 Å². The van der Waals surface area contributed by atoms with Crippen LogP contribution in [-0.2, 0) is 9.59 Å². The van der Waals surface area contributed by atoms with E-state index in [0.717, 1.165) is 6.20 Å². The lowest BCUT2D eigenvalue weighted by atomic mass is 10.3. The van der Waals surface area contributed by atoms with Crippen LogP contribution in [0.15, 0.2) is 24.4 Å². The average Bonchev–Trinajstić information content (AvgIpc) is 2.01. The molecule has 0 aliphatic rings. The minimum absolute atomic E-state index is 0.212. The van der Waals surface area contributed by atoms with Crippen molar-refractivity contribution < 1.29 is 14.7 Å². The number of carboxylic acid groups (broad SMARTS) is 1. The zero-order chi connectivity index (χ0) is 9.56. The number of carboxylic acids is 1. The Morgan fingerprint density at radius 1 is 1.58 bits per heavy atom. The maximum Gasteiger partial charge on any atom is 0.342 e. The second kappa shape index (κ2) is 4.95. The van der Waals surface area contributed by atoms with Gasteiger partial charge in [0.25, 0.3) is 5.91 Å². The van der Waals surface area contributed by atoms with E-state index in [0.29, 0.717) is 0 Å². The summed E-state index contributed by atoms with van der Waals surface area (Å²) in [6, 6.07) is 0. The van der Waals surface area contributed by atoms with Gasteiger partial charge in [0.1, 0.15) is 5.57 Å². The largest absolute Gasteiger partial charge is 0.477 e. The highest BCUT2D eigenvalue weighted by Crippen LogP contribution is 1.90. The van der Waals surface area contributed by atoms with Gasteiger partial charge in [0.2, 0.25) is 0 Å². The molecule has 0 aliphatic heterocycles. The van der Waals surface area contributed by atoms with Crippen LogP contribution in [0, 0.1) is 0 Å². The number of aliphatic carboxylic acids is 1. The van der Waals surface area contributed by atoms with Crippen molar-refractivity contribution in [2.45, 2.75) is 0 Å². The Hall–Kier alpha value is -1.78. The van der Waals surface area contributed by atoms with Crippen molar-refractivity contribution in [2.24, 2.45) is 5.73 Å². The highest BCUT2D eigenvalue weighted by Gasteiger charge is 2.14. The first-order valence-corrected chi connectivity index (χ1v) is 3.17. The first-order valence-electron chi connectivity index (χ1n) is 3.17. The lowest BCUT2D eigenvalue weighted by Gasteiger charge is -2.00. The molecule has 5 nitrogen and oxygen atoms in total. The van der Waals surface area contributed by atoms with Crippen LogP contribution in [0.5, 0.6) is 0 Å². The molecule has 0 aromatic heterocycles. The fourth-order valence-electron chi connectivity index (χ4n) is 0.504. The van der Waals surface area contributed by atoms with Crippen molar-refractivity contribution in [3.05, 3.63) is 24.4 Å². The summed E-state index contributed by atoms with van der Waals surface area (Å²) in [6.45, 7) is 3.56. The third kappa shape index (κ3) is 2.87. The molecule has 0 aromatic rings. The summed E-state index contributed by atoms with van der Waals surface area (Å²) < 4.78 is 0. The number of amides is 1. The Morgan fingerprint density at radius 2 is 2.17 bits per heavy atom. The molecular formula is C7H10N2O3. The third-order valence-corrected chi connectivity index (χ3v) is 1.05. The van der Waals surface area contributed by atoms with E-state index in [1.807, 2.05) is 0 Å². The van der Waals surface area contributed by atoms with E-state index in [1.54, 1.807) is 0 Å². The van der Waals surface area contributed by atoms with Gasteiger partial charge in [-0.15, -0.1) is 6.58 Å². The van der Waals surface area contributed by atoms with Gasteiger partial charge in [0.05, 0.1) is 0 Å². The molecule has 0 aromatic carbocycles. The second-order valence-corrected chi connectivity index (χ2v) is 1.88. The summed E-state index contributed by atoms with van der Waals surface area (Å²) in [6.07, 6.45) is 2.19. The maximum atomic E-state index is 10.9. The molecule has 0 aliphatic carbocycles. The van der Waals surface area contributed by atoms with Gasteiger partial charge in [-0.25, -0.2) is 4.79 Å². The molecule has 12 heavy (non-hydrogen) atoms. The first-order chi connectivity index (χ1) is 5.63. The fourth-order valence-corrected chi connectivity index (χ4v) is 0.504. The van der Waals surface area contributed by atoms with Crippen LogP contribution in [-0.4, -0.2) is 23.5 Å². The van der Waals surface area contributed by atoms with Crippen LogP contribution in [0.25, 0.3) is 0 Å². The summed E-state index contributed by atoms with van der Waals surface area (Å²) >= 11 is 0. The minimum atomic E-state index is -1.35. The molecule has 0 heterocycles. The number of carbonyl (C=O) groups excluding carboxylic acids is 1. The van der Waals surface area contributed by atoms with Gasteiger partial charge < -0.3 is 16.2 Å². The molecule has 0 bridgehead atoms. The highest BCUT2D eigenvalue weighted by molar-refractivity contribution is 6.15. The van der Waals surface area contributed by atoms with Gasteiger partial charge in [0.15, 0.2) is 0 Å². The maximum absolute atomic E-state index is 10.9. The van der Waals surface area contributed by atoms with Crippen molar-refractivity contribution in [1.82, 2.24) is 5.32 Å². The molecule has 5 heteroatoms. The molecule has 1 amide bonds. The zero-order valence-corrected chi connectivity index (χ0v) is 6.41. The summed E-state index contributed by atoms with van der Waals surface area (Å²) in [5.74, 6) is -2.07. The molecule has 0 fully saturated rings. The smallest absolute Gasteiger partial charge is 0.342 e. The van der Waals surface area contributed by atoms with E-state index in [-0.39, 0.29) is 6.54 Å². The SMILES string of the molecule is C=CCNC(=O)C(=CN)C(=O)O. The number of rotatable bonds is 4. The predicted molar refractivity (Wildman–Crippen MR) is 43.1 cm³/mol. The molecule has 0 rings (SSSR count). The zero-order valence-electron chi connectivity index (χ0n) is 6.41. The van der Waals surface area contributed by atoms with Crippen molar-refractivity contribution in [2.75, 3.05) is 6.54 Å². The summed E-state index contributed by atoms with van der Waals surface area (Å²) in [5, 5.41) is 10.7. The Kier molecular flexibility index (Phi) is 4.21. The summed E-state index contributed by atoms with van der Waals surface area (Å²) in [4.78, 5) is 21.2. The molecule has 0 saturated carbocycles. The highest BCUT2D eigenvalue weighted by atomic mass is 16.4. The van der Waals surface area contributed by atoms with Crippen molar-refractivity contribution in [3.8, 4) is 0 Å². The van der Waals surface area contributed by atoms with Gasteiger partial charge in [0, 0.05) is 12.7 Å². The standard InChI is InChI=1S/C7H10N2O3/c1-2-3-9-6(10)5(4-8)7(11)12/h2,4H,1,3,8H2,(H,9,10)(H,11,12). The second-order valence-electron chi connectivity index (χ2n) is 1.88. The first kappa shape index (κ1) is 10.2. The Balaban J connectivity index is 4.24. The van der Waals surface area contributed by atoms with Gasteiger partial charge in [-0.3, -0.25) is 4.79 Å². The number of hydrogen-bond donors (Lipinski definition) is 3. The van der Waals surface area contributed by atoms with E-state index >= 15 is 0 Å². The fraction of sp³-hybridized carbons (Fsp3) is 0.143. The van der Waals surface area contributed by atoms with Crippen LogP contribution >= 0.6 is 0 Å². The average molecular weight is 170 g/mol. The molecule has 4 N–H and O–H groups in total. The molecule has 0 radical (unpaired) electrons. The number of nitrogens with two attached hydrogens (primary N) is 1. The van der Waals surface area contributed by atoms with E-state index in [2.05, 4.69) is 11.9 Å². The van der Waals surface area contributed by atoms with E-state index in [1.165, 1.54) is 6.08 Å². The van der Waals surface area contributed by atoms with Crippen LogP contribution in [0.1, 0.15) is 0 Å². The lowest BCUT2D eigenvalue weighted by molar-refractivity contribution is -0.134. The third-order valence-electron chi connectivity index (χ3n) is 1.05. The number of nitrogens with one attached hydrogen (secondary N) is 1. The minimum Gasteiger partial charge on any atom is -0.477 e. The van der Waals surface area contributed by atoms with E-state index in [4.69, 9.17) is 10.8 Å². The monoisotopic (exact) mass is 170 g/mol. The van der Waals surface area contributed by atoms with Crippen LogP contribution < -0.4 is 11.1 Å². The van der Waals surface area contributed by atoms with Crippen LogP contribution in [0.4, 0.5) is 0 Å². The van der Waals surface area contributed by atoms with Gasteiger partial charge >= 0.3 is 5.97 Å². The van der Waals surface area contributed by atoms with E-state index < -0.39 is 17.4 Å². The Morgan fingerprint density at radius 3 is 2.50 bits per heavy atom. The van der Waals surface area contributed by atoms with Crippen LogP contribution in [0.2, 0.25) is 0 Å². The normalized spacial score (nSPS) is 10.5. The van der Waals surface area contributed by atoms with Crippen molar-refractivity contribution in [1.29, 1.82) is 0 Å². The lowest BCUT2D eigenvalue weighted by Crippen LogP contribution is -2.29. The van der Waals surface area contributed by atoms with Gasteiger partial charge in [-0.2, -0.15) is 0 Å². The predicted octanol–water partition coefficient (Wildman–Crippen LogP) is -0.784. The molecule has 0 atom stereocenters. The molecule has 0 saturated heterocycles. The molecule has 0 spiro atoms. The van der Waals surface area contributed by atoms with Crippen molar-refractivity contribution in [3.63, 3.8) is 0 Å². The molecular weight excluding hydrogens is 160 g/mol. The topological polar surface area (TPSA) is 92.4 Å². The Bertz CT molecular complexity index is 233. The van der Waals surface area contributed by atoms with Crippen molar-refractivity contribution >= 4 is 11.9 Å². The molecule has 0 unspecified atom stereocenters. The summed E-state index contributed by atoms with van der Waals surface area (Å²) in [5.41, 5.74) is 4.44. The number of hydrogen-bond acceptors (Lipinski definition) is 3.